The van der Waals surface area contributed by atoms with E-state index in [4.69, 9.17) is 0 Å². The maximum Gasteiger partial charge on any atom is 0.234 e. The Bertz CT molecular complexity index is 606. The molecule has 21 heavy (non-hydrogen) atoms. The van der Waals surface area contributed by atoms with E-state index in [1.54, 1.807) is 23.9 Å². The predicted octanol–water partition coefficient (Wildman–Crippen LogP) is 3.91. The first-order valence-electron chi connectivity index (χ1n) is 6.32. The molecule has 0 saturated carbocycles. The molecular weight excluding hydrogens is 329 g/mol. The van der Waals surface area contributed by atoms with Gasteiger partial charge in [0.25, 0.3) is 0 Å². The van der Waals surface area contributed by atoms with Gasteiger partial charge in [-0.25, -0.2) is 4.39 Å². The first-order valence-corrected chi connectivity index (χ1v) is 9.11. The first-order chi connectivity index (χ1) is 10.2. The van der Waals surface area contributed by atoms with Gasteiger partial charge in [0.1, 0.15) is 5.82 Å². The molecule has 0 aliphatic heterocycles. The molecule has 0 saturated heterocycles. The van der Waals surface area contributed by atoms with E-state index >= 15 is 0 Å². The molecule has 2 aromatic rings. The molecule has 0 fully saturated rings. The van der Waals surface area contributed by atoms with Gasteiger partial charge in [0.2, 0.25) is 5.91 Å². The fourth-order valence-corrected chi connectivity index (χ4v) is 4.12. The summed E-state index contributed by atoms with van der Waals surface area (Å²) in [6.45, 7) is 2.11. The normalized spacial score (nSPS) is 10.6. The second-order valence-electron chi connectivity index (χ2n) is 4.00. The third-order valence-electron chi connectivity index (χ3n) is 2.29. The van der Waals surface area contributed by atoms with Crippen LogP contribution in [0.3, 0.4) is 0 Å². The van der Waals surface area contributed by atoms with Gasteiger partial charge in [-0.3, -0.25) is 4.79 Å². The van der Waals surface area contributed by atoms with E-state index in [-0.39, 0.29) is 17.3 Å². The summed E-state index contributed by atoms with van der Waals surface area (Å²) in [5, 5.41) is 10.6. The SMILES string of the molecule is CCCSc1nnc(SCC(=O)Nc2ccccc2F)s1. The highest BCUT2D eigenvalue weighted by atomic mass is 32.2. The van der Waals surface area contributed by atoms with Crippen LogP contribution in [0.4, 0.5) is 10.1 Å². The van der Waals surface area contributed by atoms with Crippen molar-refractivity contribution in [3.63, 3.8) is 0 Å². The second kappa shape index (κ2) is 8.35. The number of carbonyl (C=O) groups is 1. The number of anilines is 1. The van der Waals surface area contributed by atoms with Crippen molar-refractivity contribution in [2.24, 2.45) is 0 Å². The average Bonchev–Trinajstić information content (AvgIpc) is 2.93. The quantitative estimate of drug-likeness (QED) is 0.773. The molecule has 2 rings (SSSR count). The Morgan fingerprint density at radius 2 is 2.00 bits per heavy atom. The number of hydrogen-bond donors (Lipinski definition) is 1. The van der Waals surface area contributed by atoms with E-state index in [1.807, 2.05) is 0 Å². The van der Waals surface area contributed by atoms with Crippen LogP contribution in [-0.4, -0.2) is 27.6 Å². The molecule has 0 atom stereocenters. The summed E-state index contributed by atoms with van der Waals surface area (Å²) in [5.41, 5.74) is 0.194. The zero-order chi connectivity index (χ0) is 15.1. The maximum atomic E-state index is 13.4. The van der Waals surface area contributed by atoms with Gasteiger partial charge >= 0.3 is 0 Å². The fourth-order valence-electron chi connectivity index (χ4n) is 1.38. The molecule has 112 valence electrons. The lowest BCUT2D eigenvalue weighted by Crippen LogP contribution is -2.14. The summed E-state index contributed by atoms with van der Waals surface area (Å²) in [7, 11) is 0. The lowest BCUT2D eigenvalue weighted by atomic mass is 10.3. The summed E-state index contributed by atoms with van der Waals surface area (Å²) < 4.78 is 15.0. The van der Waals surface area contributed by atoms with Crippen LogP contribution in [0.1, 0.15) is 13.3 Å². The van der Waals surface area contributed by atoms with Gasteiger partial charge in [-0.15, -0.1) is 10.2 Å². The molecule has 1 N–H and O–H groups in total. The molecule has 0 radical (unpaired) electrons. The molecule has 1 amide bonds. The van der Waals surface area contributed by atoms with E-state index in [1.165, 1.54) is 35.2 Å². The predicted molar refractivity (Wildman–Crippen MR) is 86.7 cm³/mol. The van der Waals surface area contributed by atoms with Crippen LogP contribution in [0, 0.1) is 5.82 Å². The van der Waals surface area contributed by atoms with Crippen LogP contribution in [0.15, 0.2) is 32.9 Å². The van der Waals surface area contributed by atoms with Gasteiger partial charge in [0.15, 0.2) is 8.68 Å². The highest BCUT2D eigenvalue weighted by molar-refractivity contribution is 8.03. The third kappa shape index (κ3) is 5.29. The van der Waals surface area contributed by atoms with Gasteiger partial charge in [-0.1, -0.05) is 53.9 Å². The summed E-state index contributed by atoms with van der Waals surface area (Å²) in [6, 6.07) is 6.09. The number of rotatable bonds is 7. The van der Waals surface area contributed by atoms with Crippen molar-refractivity contribution >= 4 is 46.5 Å². The monoisotopic (exact) mass is 343 g/mol. The van der Waals surface area contributed by atoms with Crippen LogP contribution >= 0.6 is 34.9 Å². The van der Waals surface area contributed by atoms with Crippen LogP contribution < -0.4 is 5.32 Å². The van der Waals surface area contributed by atoms with E-state index in [2.05, 4.69) is 22.4 Å². The third-order valence-corrected chi connectivity index (χ3v) is 5.69. The Hall–Kier alpha value is -1.12. The fraction of sp³-hybridized carbons (Fsp3) is 0.308. The van der Waals surface area contributed by atoms with Gasteiger partial charge in [-0.2, -0.15) is 0 Å². The molecule has 0 unspecified atom stereocenters. The van der Waals surface area contributed by atoms with E-state index in [9.17, 15) is 9.18 Å². The van der Waals surface area contributed by atoms with Crippen molar-refractivity contribution in [3.05, 3.63) is 30.1 Å². The number of aromatic nitrogens is 2. The largest absolute Gasteiger partial charge is 0.323 e. The molecule has 0 spiro atoms. The Kier molecular flexibility index (Phi) is 6.47. The van der Waals surface area contributed by atoms with Crippen molar-refractivity contribution in [1.29, 1.82) is 0 Å². The number of amides is 1. The molecule has 1 heterocycles. The zero-order valence-corrected chi connectivity index (χ0v) is 13.8. The van der Waals surface area contributed by atoms with Crippen molar-refractivity contribution in [3.8, 4) is 0 Å². The van der Waals surface area contributed by atoms with Crippen LogP contribution in [0.2, 0.25) is 0 Å². The van der Waals surface area contributed by atoms with Crippen LogP contribution in [0.25, 0.3) is 0 Å². The number of para-hydroxylation sites is 1. The van der Waals surface area contributed by atoms with Crippen LogP contribution in [-0.2, 0) is 4.79 Å². The highest BCUT2D eigenvalue weighted by Crippen LogP contribution is 2.29. The maximum absolute atomic E-state index is 13.4. The smallest absolute Gasteiger partial charge is 0.234 e. The van der Waals surface area contributed by atoms with Gasteiger partial charge in [-0.05, 0) is 18.6 Å². The highest BCUT2D eigenvalue weighted by Gasteiger charge is 2.10. The minimum atomic E-state index is -0.440. The lowest BCUT2D eigenvalue weighted by molar-refractivity contribution is -0.113. The second-order valence-corrected chi connectivity index (χ2v) is 7.54. The van der Waals surface area contributed by atoms with Gasteiger partial charge < -0.3 is 5.32 Å². The molecule has 8 heteroatoms. The van der Waals surface area contributed by atoms with Crippen molar-refractivity contribution in [2.75, 3.05) is 16.8 Å². The van der Waals surface area contributed by atoms with E-state index in [0.29, 0.717) is 0 Å². The van der Waals surface area contributed by atoms with Crippen molar-refractivity contribution < 1.29 is 9.18 Å². The summed E-state index contributed by atoms with van der Waals surface area (Å²) >= 11 is 4.44. The number of benzene rings is 1. The molecule has 0 bridgehead atoms. The summed E-state index contributed by atoms with van der Waals surface area (Å²) in [6.07, 6.45) is 1.08. The number of halogens is 1. The average molecular weight is 343 g/mol. The number of hydrogen-bond acceptors (Lipinski definition) is 6. The van der Waals surface area contributed by atoms with Crippen molar-refractivity contribution in [1.82, 2.24) is 10.2 Å². The Labute approximate surface area is 134 Å². The minimum absolute atomic E-state index is 0.182. The Balaban J connectivity index is 1.81. The van der Waals surface area contributed by atoms with Gasteiger partial charge in [0.05, 0.1) is 11.4 Å². The molecule has 4 nitrogen and oxygen atoms in total. The number of nitrogens with one attached hydrogen (secondary N) is 1. The van der Waals surface area contributed by atoms with Gasteiger partial charge in [0, 0.05) is 5.75 Å². The number of carbonyl (C=O) groups excluding carboxylic acids is 1. The molecular formula is C13H14FN3OS3. The Morgan fingerprint density at radius 3 is 2.71 bits per heavy atom. The molecule has 0 aliphatic carbocycles. The standard InChI is InChI=1S/C13H14FN3OS3/c1-2-7-19-12-16-17-13(21-12)20-8-11(18)15-10-6-4-3-5-9(10)14/h3-6H,2,7-8H2,1H3,(H,15,18). The zero-order valence-electron chi connectivity index (χ0n) is 11.3. The first kappa shape index (κ1) is 16.3. The topological polar surface area (TPSA) is 54.9 Å². The van der Waals surface area contributed by atoms with Crippen LogP contribution in [0.5, 0.6) is 0 Å². The summed E-state index contributed by atoms with van der Waals surface area (Å²) in [5.74, 6) is 0.488. The number of nitrogens with zero attached hydrogens (tertiary/aromatic N) is 2. The molecule has 1 aromatic heterocycles. The molecule has 0 aliphatic rings. The van der Waals surface area contributed by atoms with E-state index in [0.717, 1.165) is 20.9 Å². The molecule has 1 aromatic carbocycles. The minimum Gasteiger partial charge on any atom is -0.323 e. The lowest BCUT2D eigenvalue weighted by Gasteiger charge is -2.04. The summed E-state index contributed by atoms with van der Waals surface area (Å²) in [4.78, 5) is 11.8. The Morgan fingerprint density at radius 1 is 1.29 bits per heavy atom. The van der Waals surface area contributed by atoms with Crippen molar-refractivity contribution in [2.45, 2.75) is 22.0 Å². The van der Waals surface area contributed by atoms with E-state index < -0.39 is 5.82 Å². The number of thioether (sulfide) groups is 2.